The zero-order valence-electron chi connectivity index (χ0n) is 11.3. The van der Waals surface area contributed by atoms with Crippen molar-refractivity contribution in [3.05, 3.63) is 0 Å². The van der Waals surface area contributed by atoms with Gasteiger partial charge in [-0.05, 0) is 47.7 Å². The Labute approximate surface area is 94.8 Å². The highest BCUT2D eigenvalue weighted by molar-refractivity contribution is 5.37. The van der Waals surface area contributed by atoms with E-state index in [9.17, 15) is 4.79 Å². The molecule has 0 aromatic carbocycles. The summed E-state index contributed by atoms with van der Waals surface area (Å²) in [7, 11) is 2.16. The molecule has 0 radical (unpaired) electrons. The zero-order chi connectivity index (χ0) is 12.5. The normalized spacial score (nSPS) is 12.8. The van der Waals surface area contributed by atoms with Gasteiger partial charge in [-0.2, -0.15) is 0 Å². The first-order valence-electron chi connectivity index (χ1n) is 5.60. The quantitative estimate of drug-likeness (QED) is 0.678. The maximum absolute atomic E-state index is 9.60. The summed E-state index contributed by atoms with van der Waals surface area (Å²) in [4.78, 5) is 11.9. The first-order chi connectivity index (χ1) is 6.78. The van der Waals surface area contributed by atoms with Crippen molar-refractivity contribution in [2.45, 2.75) is 59.6 Å². The van der Waals surface area contributed by atoms with Gasteiger partial charge in [0, 0.05) is 6.04 Å². The third-order valence-electron chi connectivity index (χ3n) is 2.24. The standard InChI is InChI=1S/C7H17N.C5H10O2/c1-5-7(3)8(4)6-2;1-5(2,3)7-4-6/h7H,5-6H2,1-4H3;4H,1-3H3. The molecule has 0 heterocycles. The summed E-state index contributed by atoms with van der Waals surface area (Å²) >= 11 is 0. The molecule has 0 aliphatic heterocycles. The molecule has 1 unspecified atom stereocenters. The second kappa shape index (κ2) is 8.72. The lowest BCUT2D eigenvalue weighted by molar-refractivity contribution is -0.138. The van der Waals surface area contributed by atoms with E-state index in [0.29, 0.717) is 6.47 Å². The molecule has 0 spiro atoms. The molecule has 0 aliphatic rings. The van der Waals surface area contributed by atoms with E-state index in [1.54, 1.807) is 0 Å². The van der Waals surface area contributed by atoms with Crippen LogP contribution in [0.4, 0.5) is 0 Å². The van der Waals surface area contributed by atoms with E-state index in [0.717, 1.165) is 12.6 Å². The molecule has 3 heteroatoms. The summed E-state index contributed by atoms with van der Waals surface area (Å²) in [6, 6.07) is 0.750. The van der Waals surface area contributed by atoms with Crippen molar-refractivity contribution in [1.82, 2.24) is 4.90 Å². The lowest BCUT2D eigenvalue weighted by Crippen LogP contribution is -2.27. The van der Waals surface area contributed by atoms with Crippen LogP contribution in [0.3, 0.4) is 0 Å². The van der Waals surface area contributed by atoms with Crippen LogP contribution in [0.25, 0.3) is 0 Å². The van der Waals surface area contributed by atoms with Gasteiger partial charge in [-0.1, -0.05) is 13.8 Å². The van der Waals surface area contributed by atoms with Gasteiger partial charge in [0.15, 0.2) is 0 Å². The molecule has 0 aromatic rings. The van der Waals surface area contributed by atoms with Crippen LogP contribution in [-0.4, -0.2) is 36.6 Å². The van der Waals surface area contributed by atoms with Crippen molar-refractivity contribution in [1.29, 1.82) is 0 Å². The topological polar surface area (TPSA) is 29.5 Å². The van der Waals surface area contributed by atoms with Crippen LogP contribution in [0.1, 0.15) is 48.0 Å². The van der Waals surface area contributed by atoms with Gasteiger partial charge in [0.05, 0.1) is 0 Å². The SMILES string of the molecule is CC(C)(C)OC=O.CCC(C)N(C)CC. The fourth-order valence-corrected chi connectivity index (χ4v) is 0.768. The zero-order valence-corrected chi connectivity index (χ0v) is 11.3. The number of rotatable bonds is 4. The Morgan fingerprint density at radius 1 is 1.33 bits per heavy atom. The van der Waals surface area contributed by atoms with E-state index in [1.165, 1.54) is 6.42 Å². The second-order valence-electron chi connectivity index (χ2n) is 4.66. The number of hydrogen-bond donors (Lipinski definition) is 0. The van der Waals surface area contributed by atoms with Crippen molar-refractivity contribution in [3.63, 3.8) is 0 Å². The lowest BCUT2D eigenvalue weighted by atomic mass is 10.2. The minimum Gasteiger partial charge on any atom is -0.462 e. The highest BCUT2D eigenvalue weighted by atomic mass is 16.5. The summed E-state index contributed by atoms with van der Waals surface area (Å²) in [5.74, 6) is 0. The molecule has 0 N–H and O–H groups in total. The first kappa shape index (κ1) is 16.8. The number of carbonyl (C=O) groups excluding carboxylic acids is 1. The molecule has 0 saturated carbocycles. The van der Waals surface area contributed by atoms with Gasteiger partial charge >= 0.3 is 0 Å². The van der Waals surface area contributed by atoms with E-state index in [2.05, 4.69) is 37.5 Å². The molecule has 0 rings (SSSR count). The van der Waals surface area contributed by atoms with Gasteiger partial charge in [-0.3, -0.25) is 4.79 Å². The fourth-order valence-electron chi connectivity index (χ4n) is 0.768. The highest BCUT2D eigenvalue weighted by Gasteiger charge is 2.07. The third kappa shape index (κ3) is 13.4. The molecule has 1 atom stereocenters. The molecule has 92 valence electrons. The Kier molecular flexibility index (Phi) is 9.79. The van der Waals surface area contributed by atoms with E-state index < -0.39 is 0 Å². The van der Waals surface area contributed by atoms with Gasteiger partial charge in [0.25, 0.3) is 6.47 Å². The molecule has 0 bridgehead atoms. The monoisotopic (exact) mass is 217 g/mol. The van der Waals surface area contributed by atoms with Crippen LogP contribution in [0, 0.1) is 0 Å². The Balaban J connectivity index is 0. The molecular weight excluding hydrogens is 190 g/mol. The average molecular weight is 217 g/mol. The Bertz CT molecular complexity index is 144. The molecule has 0 aromatic heterocycles. The maximum atomic E-state index is 9.60. The molecular formula is C12H27NO2. The Morgan fingerprint density at radius 3 is 1.87 bits per heavy atom. The summed E-state index contributed by atoms with van der Waals surface area (Å²) in [6.45, 7) is 13.7. The Morgan fingerprint density at radius 2 is 1.80 bits per heavy atom. The molecule has 0 aliphatic carbocycles. The van der Waals surface area contributed by atoms with Crippen LogP contribution in [0.5, 0.6) is 0 Å². The minimum atomic E-state index is -0.318. The van der Waals surface area contributed by atoms with Crippen molar-refractivity contribution in [2.75, 3.05) is 13.6 Å². The van der Waals surface area contributed by atoms with Crippen molar-refractivity contribution >= 4 is 6.47 Å². The van der Waals surface area contributed by atoms with Crippen molar-refractivity contribution < 1.29 is 9.53 Å². The van der Waals surface area contributed by atoms with Crippen LogP contribution >= 0.6 is 0 Å². The van der Waals surface area contributed by atoms with E-state index in [-0.39, 0.29) is 5.60 Å². The van der Waals surface area contributed by atoms with Crippen LogP contribution in [-0.2, 0) is 9.53 Å². The number of hydrogen-bond acceptors (Lipinski definition) is 3. The fraction of sp³-hybridized carbons (Fsp3) is 0.917. The highest BCUT2D eigenvalue weighted by Crippen LogP contribution is 2.02. The van der Waals surface area contributed by atoms with Crippen LogP contribution in [0.2, 0.25) is 0 Å². The van der Waals surface area contributed by atoms with Crippen molar-refractivity contribution in [3.8, 4) is 0 Å². The largest absolute Gasteiger partial charge is 0.462 e. The Hall–Kier alpha value is -0.570. The molecule has 3 nitrogen and oxygen atoms in total. The van der Waals surface area contributed by atoms with Gasteiger partial charge in [0.1, 0.15) is 5.60 Å². The van der Waals surface area contributed by atoms with Crippen LogP contribution in [0.15, 0.2) is 0 Å². The summed E-state index contributed by atoms with van der Waals surface area (Å²) in [6.07, 6.45) is 1.25. The van der Waals surface area contributed by atoms with Gasteiger partial charge in [-0.15, -0.1) is 0 Å². The first-order valence-corrected chi connectivity index (χ1v) is 5.60. The molecule has 0 saturated heterocycles. The van der Waals surface area contributed by atoms with Gasteiger partial charge in [-0.25, -0.2) is 0 Å². The van der Waals surface area contributed by atoms with E-state index >= 15 is 0 Å². The smallest absolute Gasteiger partial charge is 0.293 e. The number of carbonyl (C=O) groups is 1. The van der Waals surface area contributed by atoms with Gasteiger partial charge < -0.3 is 9.64 Å². The summed E-state index contributed by atoms with van der Waals surface area (Å²) in [5.41, 5.74) is -0.318. The molecule has 0 fully saturated rings. The van der Waals surface area contributed by atoms with E-state index in [4.69, 9.17) is 0 Å². The second-order valence-corrected chi connectivity index (χ2v) is 4.66. The summed E-state index contributed by atoms with van der Waals surface area (Å²) in [5, 5.41) is 0. The number of nitrogens with zero attached hydrogens (tertiary/aromatic N) is 1. The minimum absolute atomic E-state index is 0.318. The van der Waals surface area contributed by atoms with Gasteiger partial charge in [0.2, 0.25) is 0 Å². The molecule has 15 heavy (non-hydrogen) atoms. The third-order valence-corrected chi connectivity index (χ3v) is 2.24. The maximum Gasteiger partial charge on any atom is 0.293 e. The predicted octanol–water partition coefficient (Wildman–Crippen LogP) is 2.69. The number of ether oxygens (including phenoxy) is 1. The summed E-state index contributed by atoms with van der Waals surface area (Å²) < 4.78 is 4.55. The van der Waals surface area contributed by atoms with Crippen molar-refractivity contribution in [2.24, 2.45) is 0 Å². The average Bonchev–Trinajstić information content (AvgIpc) is 2.14. The molecule has 0 amide bonds. The van der Waals surface area contributed by atoms with Crippen LogP contribution < -0.4 is 0 Å². The lowest BCUT2D eigenvalue weighted by Gasteiger charge is -2.20. The van der Waals surface area contributed by atoms with E-state index in [1.807, 2.05) is 20.8 Å². The predicted molar refractivity (Wildman–Crippen MR) is 65.0 cm³/mol.